The summed E-state index contributed by atoms with van der Waals surface area (Å²) in [5.74, 6) is 1.57. The van der Waals surface area contributed by atoms with E-state index < -0.39 is 0 Å². The van der Waals surface area contributed by atoms with E-state index in [4.69, 9.17) is 0 Å². The van der Waals surface area contributed by atoms with E-state index in [1.807, 2.05) is 25.9 Å². The molecule has 1 amide bonds. The lowest BCUT2D eigenvalue weighted by molar-refractivity contribution is -0.136. The Morgan fingerprint density at radius 2 is 2.12 bits per heavy atom. The average Bonchev–Trinajstić information content (AvgIpc) is 2.89. The van der Waals surface area contributed by atoms with Crippen LogP contribution < -0.4 is 5.56 Å². The maximum Gasteiger partial charge on any atom is 0.250 e. The number of hydrogen-bond acceptors (Lipinski definition) is 5. The minimum Gasteiger partial charge on any atom is -0.328 e. The van der Waals surface area contributed by atoms with Crippen molar-refractivity contribution in [3.05, 3.63) is 46.4 Å². The van der Waals surface area contributed by atoms with Crippen LogP contribution in [-0.2, 0) is 24.4 Å². The summed E-state index contributed by atoms with van der Waals surface area (Å²) < 4.78 is 3.49. The second-order valence-electron chi connectivity index (χ2n) is 6.38. The Labute approximate surface area is 140 Å². The summed E-state index contributed by atoms with van der Waals surface area (Å²) in [7, 11) is 3.97. The molecule has 1 unspecified atom stereocenters. The van der Waals surface area contributed by atoms with Gasteiger partial charge in [-0.1, -0.05) is 6.07 Å². The number of amides is 1. The topological polar surface area (TPSA) is 76.3 Å². The second-order valence-corrected chi connectivity index (χ2v) is 6.38. The van der Waals surface area contributed by atoms with Gasteiger partial charge in [0.15, 0.2) is 5.82 Å². The molecule has 0 spiro atoms. The van der Waals surface area contributed by atoms with Crippen LogP contribution in [-0.4, -0.2) is 61.7 Å². The number of aryl methyl sites for hydroxylation is 1. The van der Waals surface area contributed by atoms with Crippen molar-refractivity contribution < 1.29 is 4.79 Å². The molecule has 0 fully saturated rings. The molecule has 3 heterocycles. The van der Waals surface area contributed by atoms with Crippen LogP contribution in [0.5, 0.6) is 0 Å². The lowest BCUT2D eigenvalue weighted by atomic mass is 10.1. The molecule has 0 bridgehead atoms. The second kappa shape index (κ2) is 6.56. The molecule has 0 saturated heterocycles. The summed E-state index contributed by atoms with van der Waals surface area (Å²) in [6.45, 7) is 3.79. The summed E-state index contributed by atoms with van der Waals surface area (Å²) in [5.41, 5.74) is -0.175. The number of fused-ring (bicyclic) bond motifs is 1. The number of hydrogen-bond donors (Lipinski definition) is 0. The van der Waals surface area contributed by atoms with Crippen molar-refractivity contribution in [2.24, 2.45) is 0 Å². The maximum absolute atomic E-state index is 12.8. The van der Waals surface area contributed by atoms with E-state index in [2.05, 4.69) is 19.7 Å². The number of carbonyl (C=O) groups is 1. The van der Waals surface area contributed by atoms with Crippen molar-refractivity contribution in [1.82, 2.24) is 29.1 Å². The van der Waals surface area contributed by atoms with Gasteiger partial charge in [-0.15, -0.1) is 10.2 Å². The zero-order valence-corrected chi connectivity index (χ0v) is 14.2. The molecule has 1 atom stereocenters. The first-order valence-electron chi connectivity index (χ1n) is 7.94. The van der Waals surface area contributed by atoms with Crippen molar-refractivity contribution >= 4 is 5.91 Å². The van der Waals surface area contributed by atoms with Gasteiger partial charge in [-0.05, 0) is 27.1 Å². The van der Waals surface area contributed by atoms with Crippen molar-refractivity contribution in [3.8, 4) is 0 Å². The van der Waals surface area contributed by atoms with Crippen molar-refractivity contribution in [3.63, 3.8) is 0 Å². The van der Waals surface area contributed by atoms with Gasteiger partial charge in [-0.3, -0.25) is 9.59 Å². The number of nitrogens with zero attached hydrogens (tertiary/aromatic N) is 6. The Morgan fingerprint density at radius 1 is 1.33 bits per heavy atom. The van der Waals surface area contributed by atoms with E-state index in [1.54, 1.807) is 18.3 Å². The highest BCUT2D eigenvalue weighted by Crippen LogP contribution is 2.18. The number of aromatic nitrogens is 4. The summed E-state index contributed by atoms with van der Waals surface area (Å²) in [6.07, 6.45) is 1.64. The third-order valence-electron chi connectivity index (χ3n) is 4.26. The number of rotatable bonds is 4. The number of likely N-dealkylation sites (N-methyl/N-ethyl adjacent to an activating group) is 1. The van der Waals surface area contributed by atoms with Gasteiger partial charge in [0, 0.05) is 25.4 Å². The van der Waals surface area contributed by atoms with Gasteiger partial charge < -0.3 is 18.9 Å². The molecule has 3 rings (SSSR count). The van der Waals surface area contributed by atoms with Gasteiger partial charge in [0.2, 0.25) is 5.91 Å². The molecule has 0 aliphatic carbocycles. The first-order chi connectivity index (χ1) is 11.5. The van der Waals surface area contributed by atoms with Gasteiger partial charge in [-0.25, -0.2) is 0 Å². The Bertz CT molecular complexity index is 794. The lowest BCUT2D eigenvalue weighted by Gasteiger charge is -2.37. The maximum atomic E-state index is 12.8. The molecule has 0 saturated carbocycles. The third-order valence-corrected chi connectivity index (χ3v) is 4.26. The standard InChI is InChI=1S/C16H22N6O2/c1-12-17-18-14-10-22(13(8-19(2)3)9-21(12)14)16(24)11-20-7-5-4-6-15(20)23/h4-7,13H,8-11H2,1-3H3. The Kier molecular flexibility index (Phi) is 4.48. The molecular formula is C16H22N6O2. The average molecular weight is 330 g/mol. The van der Waals surface area contributed by atoms with Crippen LogP contribution >= 0.6 is 0 Å². The van der Waals surface area contributed by atoms with Crippen LogP contribution in [0.15, 0.2) is 29.2 Å². The van der Waals surface area contributed by atoms with Crippen LogP contribution in [0.3, 0.4) is 0 Å². The predicted molar refractivity (Wildman–Crippen MR) is 88.4 cm³/mol. The smallest absolute Gasteiger partial charge is 0.250 e. The molecular weight excluding hydrogens is 308 g/mol. The van der Waals surface area contributed by atoms with Crippen LogP contribution in [0.4, 0.5) is 0 Å². The van der Waals surface area contributed by atoms with Crippen molar-refractivity contribution in [2.75, 3.05) is 20.6 Å². The van der Waals surface area contributed by atoms with Crippen molar-refractivity contribution in [2.45, 2.75) is 32.6 Å². The van der Waals surface area contributed by atoms with Gasteiger partial charge in [0.05, 0.1) is 12.6 Å². The summed E-state index contributed by atoms with van der Waals surface area (Å²) in [4.78, 5) is 28.5. The molecule has 2 aromatic rings. The van der Waals surface area contributed by atoms with Crippen LogP contribution in [0.25, 0.3) is 0 Å². The third kappa shape index (κ3) is 3.23. The summed E-state index contributed by atoms with van der Waals surface area (Å²) >= 11 is 0. The molecule has 0 aromatic carbocycles. The molecule has 1 aliphatic heterocycles. The normalized spacial score (nSPS) is 17.2. The van der Waals surface area contributed by atoms with Gasteiger partial charge >= 0.3 is 0 Å². The fraction of sp³-hybridized carbons (Fsp3) is 0.500. The molecule has 2 aromatic heterocycles. The van der Waals surface area contributed by atoms with Crippen LogP contribution in [0.2, 0.25) is 0 Å². The van der Waals surface area contributed by atoms with Gasteiger partial charge in [0.25, 0.3) is 5.56 Å². The highest BCUT2D eigenvalue weighted by atomic mass is 16.2. The van der Waals surface area contributed by atoms with Crippen LogP contribution in [0.1, 0.15) is 11.6 Å². The quantitative estimate of drug-likeness (QED) is 0.771. The van der Waals surface area contributed by atoms with E-state index in [9.17, 15) is 9.59 Å². The summed E-state index contributed by atoms with van der Waals surface area (Å²) in [6, 6.07) is 4.90. The van der Waals surface area contributed by atoms with E-state index >= 15 is 0 Å². The predicted octanol–water partition coefficient (Wildman–Crippen LogP) is -0.279. The van der Waals surface area contributed by atoms with E-state index in [0.29, 0.717) is 13.1 Å². The number of pyridine rings is 1. The molecule has 0 N–H and O–H groups in total. The fourth-order valence-corrected chi connectivity index (χ4v) is 3.07. The minimum absolute atomic E-state index is 0.0223. The highest BCUT2D eigenvalue weighted by molar-refractivity contribution is 5.76. The first-order valence-corrected chi connectivity index (χ1v) is 7.94. The SMILES string of the molecule is Cc1nnc2n1CC(CN(C)C)N(C(=O)Cn1ccccc1=O)C2. The van der Waals surface area contributed by atoms with Crippen LogP contribution in [0, 0.1) is 6.92 Å². The Morgan fingerprint density at radius 3 is 2.83 bits per heavy atom. The van der Waals surface area contributed by atoms with E-state index in [-0.39, 0.29) is 24.1 Å². The molecule has 128 valence electrons. The monoisotopic (exact) mass is 330 g/mol. The van der Waals surface area contributed by atoms with Crippen molar-refractivity contribution in [1.29, 1.82) is 0 Å². The molecule has 0 radical (unpaired) electrons. The molecule has 1 aliphatic rings. The summed E-state index contributed by atoms with van der Waals surface area (Å²) in [5, 5.41) is 8.27. The zero-order valence-electron chi connectivity index (χ0n) is 14.2. The first kappa shape index (κ1) is 16.4. The Balaban J connectivity index is 1.84. The molecule has 8 heteroatoms. The molecule has 8 nitrogen and oxygen atoms in total. The zero-order chi connectivity index (χ0) is 17.3. The van der Waals surface area contributed by atoms with E-state index in [1.165, 1.54) is 10.6 Å². The molecule has 24 heavy (non-hydrogen) atoms. The Hall–Kier alpha value is -2.48. The van der Waals surface area contributed by atoms with E-state index in [0.717, 1.165) is 18.2 Å². The fourth-order valence-electron chi connectivity index (χ4n) is 3.07. The largest absolute Gasteiger partial charge is 0.328 e. The van der Waals surface area contributed by atoms with Gasteiger partial charge in [-0.2, -0.15) is 0 Å². The minimum atomic E-state index is -0.175. The van der Waals surface area contributed by atoms with Gasteiger partial charge in [0.1, 0.15) is 12.4 Å². The highest BCUT2D eigenvalue weighted by Gasteiger charge is 2.32. The number of carbonyl (C=O) groups excluding carboxylic acids is 1. The lowest BCUT2D eigenvalue weighted by Crippen LogP contribution is -2.52.